The van der Waals surface area contributed by atoms with E-state index in [0.717, 1.165) is 17.7 Å². The second-order valence-corrected chi connectivity index (χ2v) is 5.61. The van der Waals surface area contributed by atoms with Gasteiger partial charge in [0.2, 0.25) is 0 Å². The normalized spacial score (nSPS) is 11.1. The molecule has 0 spiro atoms. The number of nitrogens with one attached hydrogen (secondary N) is 2. The first-order chi connectivity index (χ1) is 12.6. The van der Waals surface area contributed by atoms with Crippen molar-refractivity contribution in [3.63, 3.8) is 0 Å². The number of benzene rings is 2. The number of nitrogens with zero attached hydrogens (tertiary/aromatic N) is 1. The molecule has 0 saturated heterocycles. The monoisotopic (exact) mass is 360 g/mol. The molecule has 0 aliphatic carbocycles. The Balaban J connectivity index is 1.71. The third kappa shape index (κ3) is 6.16. The molecule has 4 N–H and O–H groups in total. The topological polar surface area (TPSA) is 80.9 Å². The van der Waals surface area contributed by atoms with Gasteiger partial charge in [-0.25, -0.2) is 9.38 Å². The number of rotatable bonds is 9. The summed E-state index contributed by atoms with van der Waals surface area (Å²) in [6.45, 7) is 1.82. The van der Waals surface area contributed by atoms with Crippen LogP contribution in [0, 0.1) is 5.82 Å². The first-order valence-electron chi connectivity index (χ1n) is 8.36. The summed E-state index contributed by atoms with van der Waals surface area (Å²) in [5, 5.41) is 6.21. The molecule has 0 unspecified atom stereocenters. The number of aliphatic imine (C=N–C) groups is 1. The number of nitrogens with two attached hydrogens (primary N) is 1. The fourth-order valence-electron chi connectivity index (χ4n) is 2.35. The van der Waals surface area contributed by atoms with E-state index >= 15 is 0 Å². The molecule has 0 radical (unpaired) electrons. The van der Waals surface area contributed by atoms with Crippen LogP contribution in [0.2, 0.25) is 0 Å². The lowest BCUT2D eigenvalue weighted by atomic mass is 10.2. The molecular formula is C19H25FN4O2. The van der Waals surface area contributed by atoms with E-state index in [1.807, 2.05) is 24.3 Å². The minimum atomic E-state index is -0.250. The Kier molecular flexibility index (Phi) is 7.54. The highest BCUT2D eigenvalue weighted by atomic mass is 19.1. The number of methoxy groups -OCH3 is 2. The van der Waals surface area contributed by atoms with Crippen LogP contribution in [-0.2, 0) is 6.54 Å². The van der Waals surface area contributed by atoms with Crippen molar-refractivity contribution in [2.75, 3.05) is 32.6 Å². The summed E-state index contributed by atoms with van der Waals surface area (Å²) in [6, 6.07) is 12.0. The van der Waals surface area contributed by atoms with Gasteiger partial charge in [0.25, 0.3) is 0 Å². The Bertz CT molecular complexity index is 737. The van der Waals surface area contributed by atoms with Crippen molar-refractivity contribution < 1.29 is 13.9 Å². The SMILES string of the molecule is COc1ccc(CN=C(N)NCCCNc2cccc(F)c2)cc1OC. The highest BCUT2D eigenvalue weighted by Gasteiger charge is 2.04. The molecule has 0 heterocycles. The van der Waals surface area contributed by atoms with Crippen LogP contribution in [0.3, 0.4) is 0 Å². The van der Waals surface area contributed by atoms with Crippen molar-refractivity contribution >= 4 is 11.6 Å². The van der Waals surface area contributed by atoms with Crippen molar-refractivity contribution in [2.45, 2.75) is 13.0 Å². The maximum atomic E-state index is 13.1. The lowest BCUT2D eigenvalue weighted by Crippen LogP contribution is -2.33. The number of halogens is 1. The second kappa shape index (κ2) is 10.1. The summed E-state index contributed by atoms with van der Waals surface area (Å²) >= 11 is 0. The second-order valence-electron chi connectivity index (χ2n) is 5.61. The molecule has 140 valence electrons. The summed E-state index contributed by atoms with van der Waals surface area (Å²) in [6.07, 6.45) is 0.823. The Morgan fingerprint density at radius 3 is 2.62 bits per heavy atom. The summed E-state index contributed by atoms with van der Waals surface area (Å²) < 4.78 is 23.5. The maximum Gasteiger partial charge on any atom is 0.188 e. The molecule has 0 aromatic heterocycles. The first-order valence-corrected chi connectivity index (χ1v) is 8.36. The van der Waals surface area contributed by atoms with Crippen LogP contribution in [0.1, 0.15) is 12.0 Å². The van der Waals surface area contributed by atoms with E-state index in [1.54, 1.807) is 20.3 Å². The van der Waals surface area contributed by atoms with Gasteiger partial charge in [0.05, 0.1) is 20.8 Å². The van der Waals surface area contributed by atoms with Gasteiger partial charge < -0.3 is 25.8 Å². The maximum absolute atomic E-state index is 13.1. The van der Waals surface area contributed by atoms with Gasteiger partial charge in [0.1, 0.15) is 5.82 Å². The van der Waals surface area contributed by atoms with Crippen molar-refractivity contribution in [2.24, 2.45) is 10.7 Å². The lowest BCUT2D eigenvalue weighted by Gasteiger charge is -2.09. The van der Waals surface area contributed by atoms with Crippen LogP contribution in [0.4, 0.5) is 10.1 Å². The fourth-order valence-corrected chi connectivity index (χ4v) is 2.35. The predicted octanol–water partition coefficient (Wildman–Crippen LogP) is 2.75. The van der Waals surface area contributed by atoms with Crippen molar-refractivity contribution in [3.8, 4) is 11.5 Å². The number of hydrogen-bond donors (Lipinski definition) is 3. The molecule has 0 aliphatic heterocycles. The molecule has 0 atom stereocenters. The smallest absolute Gasteiger partial charge is 0.188 e. The predicted molar refractivity (Wildman–Crippen MR) is 102 cm³/mol. The van der Waals surface area contributed by atoms with Gasteiger partial charge in [-0.05, 0) is 42.3 Å². The van der Waals surface area contributed by atoms with Crippen LogP contribution < -0.4 is 25.8 Å². The van der Waals surface area contributed by atoms with Crippen molar-refractivity contribution in [1.29, 1.82) is 0 Å². The molecule has 26 heavy (non-hydrogen) atoms. The summed E-state index contributed by atoms with van der Waals surface area (Å²) in [4.78, 5) is 4.31. The third-order valence-corrected chi connectivity index (χ3v) is 3.69. The molecular weight excluding hydrogens is 335 g/mol. The molecule has 0 amide bonds. The summed E-state index contributed by atoms with van der Waals surface area (Å²) in [7, 11) is 3.19. The Hall–Kier alpha value is -2.96. The fraction of sp³-hybridized carbons (Fsp3) is 0.316. The number of anilines is 1. The molecule has 2 aromatic carbocycles. The van der Waals surface area contributed by atoms with Gasteiger partial charge >= 0.3 is 0 Å². The Labute approximate surface area is 153 Å². The van der Waals surface area contributed by atoms with Crippen LogP contribution in [-0.4, -0.2) is 33.3 Å². The van der Waals surface area contributed by atoms with Crippen molar-refractivity contribution in [1.82, 2.24) is 5.32 Å². The molecule has 0 fully saturated rings. The largest absolute Gasteiger partial charge is 0.493 e. The third-order valence-electron chi connectivity index (χ3n) is 3.69. The van der Waals surface area contributed by atoms with Gasteiger partial charge in [0.15, 0.2) is 17.5 Å². The van der Waals surface area contributed by atoms with Gasteiger partial charge in [-0.2, -0.15) is 0 Å². The summed E-state index contributed by atoms with van der Waals surface area (Å²) in [5.74, 6) is 1.47. The number of guanidine groups is 1. The number of hydrogen-bond acceptors (Lipinski definition) is 4. The molecule has 2 rings (SSSR count). The van der Waals surface area contributed by atoms with Crippen LogP contribution in [0.15, 0.2) is 47.5 Å². The van der Waals surface area contributed by atoms with E-state index < -0.39 is 0 Å². The zero-order valence-electron chi connectivity index (χ0n) is 15.1. The van der Waals surface area contributed by atoms with Gasteiger partial charge in [-0.3, -0.25) is 0 Å². The van der Waals surface area contributed by atoms with Crippen LogP contribution in [0.5, 0.6) is 11.5 Å². The molecule has 6 nitrogen and oxygen atoms in total. The average Bonchev–Trinajstić information content (AvgIpc) is 2.65. The van der Waals surface area contributed by atoms with Crippen LogP contribution >= 0.6 is 0 Å². The molecule has 0 aliphatic rings. The minimum absolute atomic E-state index is 0.250. The van der Waals surface area contributed by atoms with E-state index in [-0.39, 0.29) is 5.82 Å². The number of ether oxygens (including phenoxy) is 2. The molecule has 0 saturated carbocycles. The van der Waals surface area contributed by atoms with E-state index in [1.165, 1.54) is 12.1 Å². The van der Waals surface area contributed by atoms with E-state index in [4.69, 9.17) is 15.2 Å². The van der Waals surface area contributed by atoms with Gasteiger partial charge in [-0.15, -0.1) is 0 Å². The Morgan fingerprint density at radius 1 is 1.08 bits per heavy atom. The molecule has 0 bridgehead atoms. The molecule has 2 aromatic rings. The van der Waals surface area contributed by atoms with E-state index in [2.05, 4.69) is 15.6 Å². The highest BCUT2D eigenvalue weighted by molar-refractivity contribution is 5.77. The van der Waals surface area contributed by atoms with E-state index in [9.17, 15) is 4.39 Å². The van der Waals surface area contributed by atoms with E-state index in [0.29, 0.717) is 37.1 Å². The zero-order chi connectivity index (χ0) is 18.8. The van der Waals surface area contributed by atoms with Crippen molar-refractivity contribution in [3.05, 3.63) is 53.8 Å². The zero-order valence-corrected chi connectivity index (χ0v) is 15.1. The average molecular weight is 360 g/mol. The first kappa shape index (κ1) is 19.4. The standard InChI is InChI=1S/C19H25FN4O2/c1-25-17-8-7-14(11-18(17)26-2)13-24-19(21)23-10-4-9-22-16-6-3-5-15(20)12-16/h3,5-8,11-12,22H,4,9-10,13H2,1-2H3,(H3,21,23,24). The highest BCUT2D eigenvalue weighted by Crippen LogP contribution is 2.27. The lowest BCUT2D eigenvalue weighted by molar-refractivity contribution is 0.354. The van der Waals surface area contributed by atoms with Crippen LogP contribution in [0.25, 0.3) is 0 Å². The summed E-state index contributed by atoms with van der Waals surface area (Å²) in [5.41, 5.74) is 7.61. The Morgan fingerprint density at radius 2 is 1.88 bits per heavy atom. The quantitative estimate of drug-likeness (QED) is 0.364. The van der Waals surface area contributed by atoms with Gasteiger partial charge in [0, 0.05) is 18.8 Å². The van der Waals surface area contributed by atoms with Gasteiger partial charge in [-0.1, -0.05) is 12.1 Å². The molecule has 7 heteroatoms. The minimum Gasteiger partial charge on any atom is -0.493 e.